The Morgan fingerprint density at radius 2 is 1.27 bits per heavy atom. The van der Waals surface area contributed by atoms with Gasteiger partial charge in [0, 0.05) is 19.1 Å². The van der Waals surface area contributed by atoms with Gasteiger partial charge in [-0.05, 0) is 112 Å². The molecular formula is C23H35NO2. The number of ether oxygens (including phenoxy) is 1. The Labute approximate surface area is 158 Å². The van der Waals surface area contributed by atoms with Crippen molar-refractivity contribution in [2.24, 2.45) is 46.8 Å². The van der Waals surface area contributed by atoms with Crippen molar-refractivity contribution in [2.75, 3.05) is 13.7 Å². The molecule has 0 spiro atoms. The summed E-state index contributed by atoms with van der Waals surface area (Å²) in [6.07, 6.45) is 14.5. The molecule has 8 aliphatic rings. The molecule has 144 valence electrons. The van der Waals surface area contributed by atoms with Crippen LogP contribution in [0.4, 0.5) is 0 Å². The van der Waals surface area contributed by atoms with E-state index < -0.39 is 0 Å². The number of carbonyl (C=O) groups excluding carboxylic acids is 1. The third kappa shape index (κ3) is 2.19. The number of hydrogen-bond donors (Lipinski definition) is 1. The van der Waals surface area contributed by atoms with Crippen LogP contribution in [0.2, 0.25) is 0 Å². The summed E-state index contributed by atoms with van der Waals surface area (Å²) in [7, 11) is 1.92. The molecule has 0 aromatic heterocycles. The molecule has 8 aliphatic carbocycles. The molecule has 0 aromatic rings. The molecule has 0 atom stereocenters. The first kappa shape index (κ1) is 16.4. The maximum atomic E-state index is 13.4. The van der Waals surface area contributed by atoms with Gasteiger partial charge in [0.25, 0.3) is 0 Å². The first-order valence-corrected chi connectivity index (χ1v) is 11.4. The van der Waals surface area contributed by atoms with Crippen molar-refractivity contribution in [3.63, 3.8) is 0 Å². The second kappa shape index (κ2) is 5.49. The zero-order valence-electron chi connectivity index (χ0n) is 16.3. The molecule has 8 bridgehead atoms. The van der Waals surface area contributed by atoms with Gasteiger partial charge in [-0.15, -0.1) is 0 Å². The van der Waals surface area contributed by atoms with Crippen LogP contribution in [0.25, 0.3) is 0 Å². The fraction of sp³-hybridized carbons (Fsp3) is 0.957. The summed E-state index contributed by atoms with van der Waals surface area (Å²) in [5.74, 6) is 6.15. The van der Waals surface area contributed by atoms with Crippen molar-refractivity contribution in [3.8, 4) is 0 Å². The standard InChI is InChI=1S/C23H35NO2/c1-26-23(19-6-14-2-15(8-19)9-20(23)7-14)13-24-21(25)22-10-16-3-17(11-22)5-18(4-16)12-22/h14-20H,2-13H2,1H3,(H,24,25). The van der Waals surface area contributed by atoms with E-state index in [2.05, 4.69) is 5.32 Å². The van der Waals surface area contributed by atoms with E-state index in [0.717, 1.165) is 36.1 Å². The highest BCUT2D eigenvalue weighted by Gasteiger charge is 2.59. The van der Waals surface area contributed by atoms with Crippen LogP contribution in [0.15, 0.2) is 0 Å². The van der Waals surface area contributed by atoms with Gasteiger partial charge < -0.3 is 10.1 Å². The summed E-state index contributed by atoms with van der Waals surface area (Å²) < 4.78 is 6.27. The molecule has 0 unspecified atom stereocenters. The van der Waals surface area contributed by atoms with Crippen molar-refractivity contribution < 1.29 is 9.53 Å². The van der Waals surface area contributed by atoms with Crippen molar-refractivity contribution in [1.29, 1.82) is 0 Å². The maximum absolute atomic E-state index is 13.4. The minimum absolute atomic E-state index is 0.0183. The van der Waals surface area contributed by atoms with Crippen LogP contribution in [-0.2, 0) is 9.53 Å². The van der Waals surface area contributed by atoms with E-state index in [4.69, 9.17) is 4.74 Å². The average Bonchev–Trinajstić information content (AvgIpc) is 2.60. The van der Waals surface area contributed by atoms with Gasteiger partial charge in [-0.25, -0.2) is 0 Å². The molecule has 0 radical (unpaired) electrons. The third-order valence-electron chi connectivity index (χ3n) is 9.95. The molecule has 3 nitrogen and oxygen atoms in total. The van der Waals surface area contributed by atoms with Gasteiger partial charge in [0.2, 0.25) is 5.91 Å². The lowest BCUT2D eigenvalue weighted by Gasteiger charge is -2.61. The summed E-state index contributed by atoms with van der Waals surface area (Å²) >= 11 is 0. The van der Waals surface area contributed by atoms with Gasteiger partial charge in [0.05, 0.1) is 5.60 Å². The normalized spacial score (nSPS) is 56.1. The van der Waals surface area contributed by atoms with Gasteiger partial charge in [-0.2, -0.15) is 0 Å². The van der Waals surface area contributed by atoms with E-state index in [1.807, 2.05) is 7.11 Å². The zero-order chi connectivity index (χ0) is 17.5. The summed E-state index contributed by atoms with van der Waals surface area (Å²) in [5.41, 5.74) is -0.0824. The number of nitrogens with one attached hydrogen (secondary N) is 1. The molecule has 3 heteroatoms. The smallest absolute Gasteiger partial charge is 0.226 e. The average molecular weight is 358 g/mol. The molecular weight excluding hydrogens is 322 g/mol. The molecule has 8 fully saturated rings. The Balaban J connectivity index is 1.20. The number of methoxy groups -OCH3 is 1. The highest BCUT2D eigenvalue weighted by molar-refractivity contribution is 5.83. The minimum atomic E-state index is -0.0641. The van der Waals surface area contributed by atoms with Crippen LogP contribution < -0.4 is 5.32 Å². The lowest BCUT2D eigenvalue weighted by molar-refractivity contribution is -0.190. The monoisotopic (exact) mass is 357 g/mol. The Morgan fingerprint density at radius 1 is 0.808 bits per heavy atom. The molecule has 8 rings (SSSR count). The van der Waals surface area contributed by atoms with Crippen molar-refractivity contribution in [1.82, 2.24) is 5.32 Å². The number of carbonyl (C=O) groups is 1. The van der Waals surface area contributed by atoms with Gasteiger partial charge >= 0.3 is 0 Å². The SMILES string of the molecule is COC1(CNC(=O)C23CC4CC(CC(C4)C2)C3)C2CC3CC(C2)CC1C3. The second-order valence-corrected chi connectivity index (χ2v) is 11.3. The zero-order valence-corrected chi connectivity index (χ0v) is 16.3. The highest BCUT2D eigenvalue weighted by atomic mass is 16.5. The predicted molar refractivity (Wildman–Crippen MR) is 100 cm³/mol. The summed E-state index contributed by atoms with van der Waals surface area (Å²) in [6.45, 7) is 0.777. The molecule has 0 aliphatic heterocycles. The summed E-state index contributed by atoms with van der Waals surface area (Å²) in [6, 6.07) is 0. The molecule has 0 saturated heterocycles. The van der Waals surface area contributed by atoms with E-state index in [0.29, 0.717) is 17.7 Å². The highest BCUT2D eigenvalue weighted by Crippen LogP contribution is 2.61. The van der Waals surface area contributed by atoms with Crippen molar-refractivity contribution in [3.05, 3.63) is 0 Å². The van der Waals surface area contributed by atoms with Gasteiger partial charge in [0.1, 0.15) is 0 Å². The first-order chi connectivity index (χ1) is 12.6. The predicted octanol–water partition coefficient (Wildman–Crippen LogP) is 4.16. The topological polar surface area (TPSA) is 38.3 Å². The Hall–Kier alpha value is -0.570. The Bertz CT molecular complexity index is 548. The summed E-state index contributed by atoms with van der Waals surface area (Å²) in [5, 5.41) is 3.50. The van der Waals surface area contributed by atoms with E-state index in [1.54, 1.807) is 0 Å². The van der Waals surface area contributed by atoms with Crippen LogP contribution in [0.3, 0.4) is 0 Å². The van der Waals surface area contributed by atoms with Crippen LogP contribution >= 0.6 is 0 Å². The largest absolute Gasteiger partial charge is 0.376 e. The molecule has 26 heavy (non-hydrogen) atoms. The van der Waals surface area contributed by atoms with E-state index >= 15 is 0 Å². The maximum Gasteiger partial charge on any atom is 0.226 e. The fourth-order valence-corrected chi connectivity index (χ4v) is 9.47. The molecule has 0 aromatic carbocycles. The van der Waals surface area contributed by atoms with Gasteiger partial charge in [0.15, 0.2) is 0 Å². The lowest BCUT2D eigenvalue weighted by atomic mass is 9.49. The first-order valence-electron chi connectivity index (χ1n) is 11.4. The quantitative estimate of drug-likeness (QED) is 0.820. The van der Waals surface area contributed by atoms with Crippen LogP contribution in [-0.4, -0.2) is 25.2 Å². The number of amides is 1. The Morgan fingerprint density at radius 3 is 1.73 bits per heavy atom. The van der Waals surface area contributed by atoms with Gasteiger partial charge in [-0.3, -0.25) is 4.79 Å². The fourth-order valence-electron chi connectivity index (χ4n) is 9.47. The van der Waals surface area contributed by atoms with E-state index in [-0.39, 0.29) is 11.0 Å². The number of hydrogen-bond acceptors (Lipinski definition) is 2. The second-order valence-electron chi connectivity index (χ2n) is 11.3. The van der Waals surface area contributed by atoms with Crippen LogP contribution in [0.1, 0.15) is 70.6 Å². The van der Waals surface area contributed by atoms with E-state index in [1.165, 1.54) is 70.6 Å². The Kier molecular flexibility index (Phi) is 3.46. The minimum Gasteiger partial charge on any atom is -0.376 e. The van der Waals surface area contributed by atoms with Crippen molar-refractivity contribution in [2.45, 2.75) is 76.2 Å². The lowest BCUT2D eigenvalue weighted by Crippen LogP contribution is -2.64. The molecule has 1 amide bonds. The molecule has 1 N–H and O–H groups in total. The summed E-state index contributed by atoms with van der Waals surface area (Å²) in [4.78, 5) is 13.4. The van der Waals surface area contributed by atoms with Crippen LogP contribution in [0.5, 0.6) is 0 Å². The van der Waals surface area contributed by atoms with E-state index in [9.17, 15) is 4.79 Å². The molecule has 0 heterocycles. The molecule has 8 saturated carbocycles. The van der Waals surface area contributed by atoms with Gasteiger partial charge in [-0.1, -0.05) is 0 Å². The van der Waals surface area contributed by atoms with Crippen molar-refractivity contribution >= 4 is 5.91 Å². The number of rotatable bonds is 4. The van der Waals surface area contributed by atoms with Crippen LogP contribution in [0, 0.1) is 46.8 Å². The third-order valence-corrected chi connectivity index (χ3v) is 9.95.